The fourth-order valence-electron chi connectivity index (χ4n) is 2.74. The molecule has 1 aliphatic rings. The van der Waals surface area contributed by atoms with E-state index in [9.17, 15) is 9.59 Å². The smallest absolute Gasteiger partial charge is 0.353 e. The van der Waals surface area contributed by atoms with E-state index in [0.29, 0.717) is 5.69 Å². The van der Waals surface area contributed by atoms with Gasteiger partial charge in [-0.15, -0.1) is 0 Å². The minimum atomic E-state index is -0.697. The van der Waals surface area contributed by atoms with Crippen molar-refractivity contribution in [2.45, 2.75) is 39.0 Å². The summed E-state index contributed by atoms with van der Waals surface area (Å²) in [5, 5.41) is 3.00. The second-order valence-corrected chi connectivity index (χ2v) is 6.15. The van der Waals surface area contributed by atoms with Gasteiger partial charge < -0.3 is 4.52 Å². The number of hydrogen-bond acceptors (Lipinski definition) is 8. The molecule has 1 aliphatic carbocycles. The lowest BCUT2D eigenvalue weighted by atomic mass is 9.89. The van der Waals surface area contributed by atoms with Crippen LogP contribution in [0.5, 0.6) is 5.88 Å². The number of carbonyl (C=O) groups is 2. The van der Waals surface area contributed by atoms with Crippen LogP contribution in [0.2, 0.25) is 0 Å². The quantitative estimate of drug-likeness (QED) is 0.451. The molecule has 132 valence electrons. The largest absolute Gasteiger partial charge is 0.358 e. The summed E-state index contributed by atoms with van der Waals surface area (Å²) >= 11 is 5.53. The van der Waals surface area contributed by atoms with Crippen molar-refractivity contribution in [1.29, 1.82) is 0 Å². The maximum Gasteiger partial charge on any atom is 0.358 e. The van der Waals surface area contributed by atoms with Crippen molar-refractivity contribution in [3.63, 3.8) is 0 Å². The first-order valence-electron chi connectivity index (χ1n) is 7.93. The number of aromatic nitrogens is 3. The molecule has 2 aromatic heterocycles. The van der Waals surface area contributed by atoms with Gasteiger partial charge in [-0.25, -0.2) is 19.7 Å². The summed E-state index contributed by atoms with van der Waals surface area (Å²) in [6.45, 7) is 1.60. The van der Waals surface area contributed by atoms with E-state index in [0.717, 1.165) is 32.1 Å². The van der Waals surface area contributed by atoms with E-state index in [1.807, 2.05) is 0 Å². The maximum absolute atomic E-state index is 11.9. The highest BCUT2D eigenvalue weighted by molar-refractivity contribution is 6.68. The van der Waals surface area contributed by atoms with Gasteiger partial charge in [0.1, 0.15) is 11.3 Å². The molecule has 0 unspecified atom stereocenters. The summed E-state index contributed by atoms with van der Waals surface area (Å²) in [5.74, 6) is -0.388. The second kappa shape index (κ2) is 7.60. The van der Waals surface area contributed by atoms with Gasteiger partial charge in [-0.1, -0.05) is 24.4 Å². The van der Waals surface area contributed by atoms with Crippen LogP contribution >= 0.6 is 11.6 Å². The maximum atomic E-state index is 11.9. The molecule has 0 radical (unpaired) electrons. The molecule has 0 spiro atoms. The standard InChI is InChI=1S/C16H16ClN3O5/c1-9-13(15(17)21)14(23-20-9)11-7-19-12(8-18-11)24-25-16(22)10-5-3-2-4-6-10/h7-8,10H,2-6H2,1H3. The van der Waals surface area contributed by atoms with Crippen LogP contribution in [0.4, 0.5) is 0 Å². The molecule has 2 aromatic rings. The number of aryl methyl sites for hydroxylation is 1. The van der Waals surface area contributed by atoms with Gasteiger partial charge in [0.2, 0.25) is 0 Å². The molecule has 0 N–H and O–H groups in total. The Morgan fingerprint density at radius 3 is 2.60 bits per heavy atom. The summed E-state index contributed by atoms with van der Waals surface area (Å²) in [4.78, 5) is 41.2. The van der Waals surface area contributed by atoms with Crippen LogP contribution in [0.25, 0.3) is 11.5 Å². The van der Waals surface area contributed by atoms with Crippen LogP contribution in [-0.4, -0.2) is 26.3 Å². The molecule has 0 amide bonds. The number of halogens is 1. The highest BCUT2D eigenvalue weighted by atomic mass is 35.5. The Morgan fingerprint density at radius 1 is 1.20 bits per heavy atom. The molecule has 0 aromatic carbocycles. The SMILES string of the molecule is Cc1noc(-c2cnc(OOC(=O)C3CCCCC3)cn2)c1C(=O)Cl. The summed E-state index contributed by atoms with van der Waals surface area (Å²) in [5.41, 5.74) is 0.752. The molecule has 2 heterocycles. The van der Waals surface area contributed by atoms with Gasteiger partial charge in [0, 0.05) is 0 Å². The zero-order chi connectivity index (χ0) is 17.8. The van der Waals surface area contributed by atoms with Gasteiger partial charge in [-0.2, -0.15) is 0 Å². The Morgan fingerprint density at radius 2 is 1.96 bits per heavy atom. The predicted octanol–water partition coefficient (Wildman–Crippen LogP) is 3.24. The molecule has 25 heavy (non-hydrogen) atoms. The predicted molar refractivity (Wildman–Crippen MR) is 85.7 cm³/mol. The zero-order valence-corrected chi connectivity index (χ0v) is 14.3. The van der Waals surface area contributed by atoms with Gasteiger partial charge in [0.15, 0.2) is 5.76 Å². The van der Waals surface area contributed by atoms with E-state index in [2.05, 4.69) is 15.1 Å². The molecule has 1 fully saturated rings. The number of rotatable bonds is 5. The molecule has 3 rings (SSSR count). The first-order valence-corrected chi connectivity index (χ1v) is 8.31. The van der Waals surface area contributed by atoms with Crippen molar-refractivity contribution in [2.24, 2.45) is 5.92 Å². The van der Waals surface area contributed by atoms with Crippen LogP contribution in [0.15, 0.2) is 16.9 Å². The van der Waals surface area contributed by atoms with Crippen molar-refractivity contribution < 1.29 is 23.9 Å². The minimum Gasteiger partial charge on any atom is -0.353 e. The van der Waals surface area contributed by atoms with Crippen molar-refractivity contribution >= 4 is 22.8 Å². The van der Waals surface area contributed by atoms with Crippen LogP contribution in [-0.2, 0) is 9.68 Å². The van der Waals surface area contributed by atoms with Crippen LogP contribution in [0.3, 0.4) is 0 Å². The fourth-order valence-corrected chi connectivity index (χ4v) is 2.97. The summed E-state index contributed by atoms with van der Waals surface area (Å²) in [7, 11) is 0. The third-order valence-electron chi connectivity index (χ3n) is 4.07. The second-order valence-electron chi connectivity index (χ2n) is 5.81. The fraction of sp³-hybridized carbons (Fsp3) is 0.438. The van der Waals surface area contributed by atoms with Crippen molar-refractivity contribution in [3.05, 3.63) is 23.7 Å². The molecular formula is C16H16ClN3O5. The molecule has 9 heteroatoms. The van der Waals surface area contributed by atoms with Crippen molar-refractivity contribution in [2.75, 3.05) is 0 Å². The molecule has 0 saturated heterocycles. The van der Waals surface area contributed by atoms with E-state index >= 15 is 0 Å². The van der Waals surface area contributed by atoms with Gasteiger partial charge in [-0.05, 0) is 31.4 Å². The third-order valence-corrected chi connectivity index (χ3v) is 4.26. The molecule has 0 aliphatic heterocycles. The average Bonchev–Trinajstić information content (AvgIpc) is 3.02. The summed E-state index contributed by atoms with van der Waals surface area (Å²) in [6, 6.07) is 0. The van der Waals surface area contributed by atoms with E-state index in [4.69, 9.17) is 25.9 Å². The lowest BCUT2D eigenvalue weighted by Crippen LogP contribution is -2.21. The molecule has 0 bridgehead atoms. The number of carbonyl (C=O) groups excluding carboxylic acids is 2. The molecule has 8 nitrogen and oxygen atoms in total. The van der Waals surface area contributed by atoms with E-state index < -0.39 is 11.2 Å². The topological polar surface area (TPSA) is 104 Å². The Hall–Kier alpha value is -2.48. The first-order chi connectivity index (χ1) is 12.1. The number of nitrogens with zero attached hydrogens (tertiary/aromatic N) is 3. The van der Waals surface area contributed by atoms with E-state index in [1.165, 1.54) is 12.4 Å². The highest BCUT2D eigenvalue weighted by Gasteiger charge is 2.24. The first kappa shape index (κ1) is 17.3. The van der Waals surface area contributed by atoms with Gasteiger partial charge >= 0.3 is 5.97 Å². The van der Waals surface area contributed by atoms with Crippen LogP contribution in [0, 0.1) is 12.8 Å². The lowest BCUT2D eigenvalue weighted by molar-refractivity contribution is -0.221. The molecular weight excluding hydrogens is 350 g/mol. The zero-order valence-electron chi connectivity index (χ0n) is 13.5. The third kappa shape index (κ3) is 3.96. The van der Waals surface area contributed by atoms with Gasteiger partial charge in [0.25, 0.3) is 11.1 Å². The van der Waals surface area contributed by atoms with Crippen molar-refractivity contribution in [1.82, 2.24) is 15.1 Å². The molecule has 1 saturated carbocycles. The summed E-state index contributed by atoms with van der Waals surface area (Å²) in [6.07, 6.45) is 7.38. The van der Waals surface area contributed by atoms with Crippen LogP contribution < -0.4 is 4.89 Å². The van der Waals surface area contributed by atoms with E-state index in [-0.39, 0.29) is 28.8 Å². The normalized spacial score (nSPS) is 15.0. The van der Waals surface area contributed by atoms with Crippen molar-refractivity contribution in [3.8, 4) is 17.3 Å². The Kier molecular flexibility index (Phi) is 5.28. The lowest BCUT2D eigenvalue weighted by Gasteiger charge is -2.18. The summed E-state index contributed by atoms with van der Waals surface area (Å²) < 4.78 is 5.08. The Balaban J connectivity index is 1.64. The van der Waals surface area contributed by atoms with Gasteiger partial charge in [0.05, 0.1) is 24.0 Å². The monoisotopic (exact) mass is 365 g/mol. The minimum absolute atomic E-state index is 0.0166. The Labute approximate surface area is 148 Å². The average molecular weight is 366 g/mol. The van der Waals surface area contributed by atoms with E-state index in [1.54, 1.807) is 6.92 Å². The number of hydrogen-bond donors (Lipinski definition) is 0. The van der Waals surface area contributed by atoms with Crippen LogP contribution in [0.1, 0.15) is 48.2 Å². The Bertz CT molecular complexity index is 769. The molecule has 0 atom stereocenters. The highest BCUT2D eigenvalue weighted by Crippen LogP contribution is 2.27. The van der Waals surface area contributed by atoms with Gasteiger partial charge in [-0.3, -0.25) is 9.68 Å².